The highest BCUT2D eigenvalue weighted by Gasteiger charge is 2.09. The van der Waals surface area contributed by atoms with Crippen molar-refractivity contribution < 1.29 is 9.21 Å². The molecule has 5 nitrogen and oxygen atoms in total. The predicted molar refractivity (Wildman–Crippen MR) is 59.3 cm³/mol. The fraction of sp³-hybridized carbons (Fsp3) is 0.200. The van der Waals surface area contributed by atoms with E-state index in [4.69, 9.17) is 16.0 Å². The van der Waals surface area contributed by atoms with Crippen LogP contribution in [-0.2, 0) is 11.5 Å². The molecule has 1 aromatic carbocycles. The van der Waals surface area contributed by atoms with Crippen LogP contribution in [0.1, 0.15) is 6.92 Å². The van der Waals surface area contributed by atoms with Crippen LogP contribution in [0.25, 0.3) is 11.1 Å². The van der Waals surface area contributed by atoms with E-state index in [-0.39, 0.29) is 12.6 Å². The lowest BCUT2D eigenvalue weighted by molar-refractivity contribution is -0.119. The Bertz CT molecular complexity index is 600. The molecule has 0 atom stereocenters. The standard InChI is InChI=1S/C10H9ClN2O3/c1-6(14)12-5-13-8-3-2-7(11)4-9(8)16-10(13)15/h2-4H,5H2,1H3,(H,12,14). The van der Waals surface area contributed by atoms with Crippen LogP contribution in [0.4, 0.5) is 0 Å². The van der Waals surface area contributed by atoms with Gasteiger partial charge in [0.05, 0.1) is 5.52 Å². The molecule has 6 heteroatoms. The molecule has 2 rings (SSSR count). The maximum Gasteiger partial charge on any atom is 0.421 e. The molecule has 0 spiro atoms. The first-order valence-electron chi connectivity index (χ1n) is 4.61. The van der Waals surface area contributed by atoms with Crippen molar-refractivity contribution in [2.24, 2.45) is 0 Å². The first-order chi connectivity index (χ1) is 7.58. The lowest BCUT2D eigenvalue weighted by atomic mass is 10.3. The Kier molecular flexibility index (Phi) is 2.70. The highest BCUT2D eigenvalue weighted by Crippen LogP contribution is 2.17. The summed E-state index contributed by atoms with van der Waals surface area (Å²) in [5.41, 5.74) is 1.01. The van der Waals surface area contributed by atoms with Gasteiger partial charge in [0.2, 0.25) is 5.91 Å². The summed E-state index contributed by atoms with van der Waals surface area (Å²) < 4.78 is 6.31. The van der Waals surface area contributed by atoms with Crippen molar-refractivity contribution in [1.29, 1.82) is 0 Å². The maximum atomic E-state index is 11.5. The van der Waals surface area contributed by atoms with Gasteiger partial charge in [-0.1, -0.05) is 11.6 Å². The van der Waals surface area contributed by atoms with E-state index in [2.05, 4.69) is 5.32 Å². The van der Waals surface area contributed by atoms with Gasteiger partial charge in [-0.3, -0.25) is 9.36 Å². The number of benzene rings is 1. The number of aromatic nitrogens is 1. The Hall–Kier alpha value is -1.75. The van der Waals surface area contributed by atoms with E-state index in [1.165, 1.54) is 11.5 Å². The van der Waals surface area contributed by atoms with Crippen LogP contribution in [0, 0.1) is 0 Å². The van der Waals surface area contributed by atoms with Gasteiger partial charge in [0.15, 0.2) is 5.58 Å². The number of fused-ring (bicyclic) bond motifs is 1. The molecule has 0 unspecified atom stereocenters. The lowest BCUT2D eigenvalue weighted by Gasteiger charge is -2.02. The number of rotatable bonds is 2. The van der Waals surface area contributed by atoms with Crippen molar-refractivity contribution in [3.05, 3.63) is 33.8 Å². The van der Waals surface area contributed by atoms with Gasteiger partial charge in [-0.2, -0.15) is 0 Å². The minimum Gasteiger partial charge on any atom is -0.408 e. The summed E-state index contributed by atoms with van der Waals surface area (Å²) in [5.74, 6) is -0.735. The molecule has 1 N–H and O–H groups in total. The topological polar surface area (TPSA) is 64.2 Å². The second-order valence-corrected chi connectivity index (χ2v) is 3.74. The van der Waals surface area contributed by atoms with E-state index >= 15 is 0 Å². The van der Waals surface area contributed by atoms with Crippen LogP contribution >= 0.6 is 11.6 Å². The molecule has 0 bridgehead atoms. The quantitative estimate of drug-likeness (QED) is 0.862. The Morgan fingerprint density at radius 1 is 1.56 bits per heavy atom. The second-order valence-electron chi connectivity index (χ2n) is 3.30. The Morgan fingerprint density at radius 2 is 2.31 bits per heavy atom. The molecule has 2 aromatic rings. The molecule has 0 aliphatic heterocycles. The number of amides is 1. The summed E-state index contributed by atoms with van der Waals surface area (Å²) in [4.78, 5) is 22.2. The highest BCUT2D eigenvalue weighted by molar-refractivity contribution is 6.31. The summed E-state index contributed by atoms with van der Waals surface area (Å²) >= 11 is 5.77. The number of carbonyl (C=O) groups excluding carboxylic acids is 1. The van der Waals surface area contributed by atoms with Crippen molar-refractivity contribution >= 4 is 28.6 Å². The minimum atomic E-state index is -0.522. The second kappa shape index (κ2) is 4.02. The zero-order chi connectivity index (χ0) is 11.7. The number of hydrogen-bond donors (Lipinski definition) is 1. The number of nitrogens with one attached hydrogen (secondary N) is 1. The zero-order valence-corrected chi connectivity index (χ0v) is 9.25. The third-order valence-electron chi connectivity index (χ3n) is 2.12. The van der Waals surface area contributed by atoms with Gasteiger partial charge in [0.1, 0.15) is 6.67 Å². The van der Waals surface area contributed by atoms with Crippen LogP contribution in [0.2, 0.25) is 5.02 Å². The fourth-order valence-electron chi connectivity index (χ4n) is 1.38. The van der Waals surface area contributed by atoms with Crippen LogP contribution in [0.3, 0.4) is 0 Å². The summed E-state index contributed by atoms with van der Waals surface area (Å²) in [6, 6.07) is 4.88. The molecule has 0 saturated heterocycles. The van der Waals surface area contributed by atoms with Crippen molar-refractivity contribution in [1.82, 2.24) is 9.88 Å². The largest absolute Gasteiger partial charge is 0.421 e. The van der Waals surface area contributed by atoms with Crippen molar-refractivity contribution in [2.45, 2.75) is 13.6 Å². The highest BCUT2D eigenvalue weighted by atomic mass is 35.5. The SMILES string of the molecule is CC(=O)NCn1c(=O)oc2cc(Cl)ccc21. The Balaban J connectivity index is 2.48. The third kappa shape index (κ3) is 1.94. The van der Waals surface area contributed by atoms with Gasteiger partial charge in [0.25, 0.3) is 0 Å². The number of halogens is 1. The molecular formula is C10H9ClN2O3. The van der Waals surface area contributed by atoms with Gasteiger partial charge in [-0.05, 0) is 12.1 Å². The van der Waals surface area contributed by atoms with E-state index in [1.807, 2.05) is 0 Å². The molecule has 0 radical (unpaired) electrons. The van der Waals surface area contributed by atoms with Gasteiger partial charge in [0, 0.05) is 18.0 Å². The normalized spacial score (nSPS) is 10.6. The van der Waals surface area contributed by atoms with E-state index in [0.717, 1.165) is 0 Å². The minimum absolute atomic E-state index is 0.0861. The van der Waals surface area contributed by atoms with Gasteiger partial charge >= 0.3 is 5.76 Å². The molecule has 0 aliphatic carbocycles. The van der Waals surface area contributed by atoms with E-state index in [9.17, 15) is 9.59 Å². The van der Waals surface area contributed by atoms with Crippen molar-refractivity contribution in [3.8, 4) is 0 Å². The molecule has 16 heavy (non-hydrogen) atoms. The molecular weight excluding hydrogens is 232 g/mol. The van der Waals surface area contributed by atoms with Crippen LogP contribution in [-0.4, -0.2) is 10.5 Å². The lowest BCUT2D eigenvalue weighted by Crippen LogP contribution is -2.28. The summed E-state index contributed by atoms with van der Waals surface area (Å²) in [6.45, 7) is 1.47. The van der Waals surface area contributed by atoms with Gasteiger partial charge < -0.3 is 9.73 Å². The smallest absolute Gasteiger partial charge is 0.408 e. The summed E-state index contributed by atoms with van der Waals surface area (Å²) in [6.07, 6.45) is 0. The monoisotopic (exact) mass is 240 g/mol. The summed E-state index contributed by atoms with van der Waals surface area (Å²) in [7, 11) is 0. The molecule has 84 valence electrons. The van der Waals surface area contributed by atoms with Crippen LogP contribution < -0.4 is 11.1 Å². The average Bonchev–Trinajstić information content (AvgIpc) is 2.50. The number of carbonyl (C=O) groups is 1. The molecule has 0 aliphatic rings. The molecule has 1 heterocycles. The number of nitrogens with zero attached hydrogens (tertiary/aromatic N) is 1. The molecule has 0 saturated carbocycles. The number of oxazole rings is 1. The third-order valence-corrected chi connectivity index (χ3v) is 2.35. The van der Waals surface area contributed by atoms with E-state index in [1.54, 1.807) is 18.2 Å². The van der Waals surface area contributed by atoms with Gasteiger partial charge in [-0.15, -0.1) is 0 Å². The predicted octanol–water partition coefficient (Wildman–Crippen LogP) is 1.34. The Morgan fingerprint density at radius 3 is 3.00 bits per heavy atom. The zero-order valence-electron chi connectivity index (χ0n) is 8.49. The maximum absolute atomic E-state index is 11.5. The number of hydrogen-bond acceptors (Lipinski definition) is 3. The fourth-order valence-corrected chi connectivity index (χ4v) is 1.54. The average molecular weight is 241 g/mol. The summed E-state index contributed by atoms with van der Waals surface area (Å²) in [5, 5.41) is 3.02. The van der Waals surface area contributed by atoms with Crippen LogP contribution in [0.5, 0.6) is 0 Å². The molecule has 1 aromatic heterocycles. The van der Waals surface area contributed by atoms with E-state index < -0.39 is 5.76 Å². The first kappa shape index (κ1) is 10.8. The van der Waals surface area contributed by atoms with E-state index in [0.29, 0.717) is 16.1 Å². The van der Waals surface area contributed by atoms with Crippen molar-refractivity contribution in [3.63, 3.8) is 0 Å². The van der Waals surface area contributed by atoms with Crippen LogP contribution in [0.15, 0.2) is 27.4 Å². The molecule has 1 amide bonds. The molecule has 0 fully saturated rings. The van der Waals surface area contributed by atoms with Gasteiger partial charge in [-0.25, -0.2) is 4.79 Å². The van der Waals surface area contributed by atoms with Crippen molar-refractivity contribution in [2.75, 3.05) is 0 Å². The first-order valence-corrected chi connectivity index (χ1v) is 4.99. The Labute approximate surface area is 95.6 Å².